The minimum absolute atomic E-state index is 0.707. The first-order valence-electron chi connectivity index (χ1n) is 8.30. The summed E-state index contributed by atoms with van der Waals surface area (Å²) in [5, 5.41) is 0. The van der Waals surface area contributed by atoms with Crippen LogP contribution in [0.3, 0.4) is 0 Å². The SMILES string of the molecule is C=CCOCC1CCCC(C)CC(C)CCC(C)C1. The van der Waals surface area contributed by atoms with E-state index >= 15 is 0 Å². The Bertz CT molecular complexity index is 236. The second-order valence-electron chi connectivity index (χ2n) is 6.99. The summed E-state index contributed by atoms with van der Waals surface area (Å²) < 4.78 is 5.70. The Morgan fingerprint density at radius 3 is 2.26 bits per heavy atom. The van der Waals surface area contributed by atoms with Crippen molar-refractivity contribution in [3.8, 4) is 0 Å². The molecule has 1 fully saturated rings. The molecule has 0 heterocycles. The van der Waals surface area contributed by atoms with Gasteiger partial charge in [-0.1, -0.05) is 52.5 Å². The van der Waals surface area contributed by atoms with Crippen LogP contribution in [0.1, 0.15) is 65.7 Å². The van der Waals surface area contributed by atoms with E-state index in [1.54, 1.807) is 0 Å². The molecule has 0 bridgehead atoms. The highest BCUT2D eigenvalue weighted by Crippen LogP contribution is 2.29. The van der Waals surface area contributed by atoms with Crippen LogP contribution in [-0.2, 0) is 4.74 Å². The lowest BCUT2D eigenvalue weighted by atomic mass is 9.88. The molecule has 1 rings (SSSR count). The molecule has 0 aliphatic heterocycles. The average molecular weight is 266 g/mol. The van der Waals surface area contributed by atoms with Crippen molar-refractivity contribution in [2.45, 2.75) is 65.7 Å². The summed E-state index contributed by atoms with van der Waals surface area (Å²) in [6.45, 7) is 12.7. The minimum atomic E-state index is 0.707. The maximum Gasteiger partial charge on any atom is 0.0644 e. The van der Waals surface area contributed by atoms with Gasteiger partial charge in [-0.15, -0.1) is 6.58 Å². The van der Waals surface area contributed by atoms with E-state index < -0.39 is 0 Å². The number of rotatable bonds is 4. The van der Waals surface area contributed by atoms with Crippen LogP contribution in [0.4, 0.5) is 0 Å². The predicted octanol–water partition coefficient (Wildman–Crippen LogP) is 5.46. The lowest BCUT2D eigenvalue weighted by Crippen LogP contribution is -2.14. The smallest absolute Gasteiger partial charge is 0.0644 e. The van der Waals surface area contributed by atoms with Crippen LogP contribution in [0.2, 0.25) is 0 Å². The van der Waals surface area contributed by atoms with E-state index in [-0.39, 0.29) is 0 Å². The average Bonchev–Trinajstić information content (AvgIpc) is 2.38. The molecule has 19 heavy (non-hydrogen) atoms. The van der Waals surface area contributed by atoms with Crippen molar-refractivity contribution in [3.05, 3.63) is 12.7 Å². The van der Waals surface area contributed by atoms with Gasteiger partial charge in [0.25, 0.3) is 0 Å². The molecule has 1 aliphatic carbocycles. The Kier molecular flexibility index (Phi) is 8.45. The van der Waals surface area contributed by atoms with Crippen molar-refractivity contribution in [1.29, 1.82) is 0 Å². The highest BCUT2D eigenvalue weighted by molar-refractivity contribution is 4.71. The van der Waals surface area contributed by atoms with E-state index in [0.717, 1.165) is 30.3 Å². The van der Waals surface area contributed by atoms with Crippen LogP contribution in [0, 0.1) is 23.7 Å². The van der Waals surface area contributed by atoms with E-state index in [1.165, 1.54) is 44.9 Å². The summed E-state index contributed by atoms with van der Waals surface area (Å²) in [6.07, 6.45) is 11.6. The molecule has 4 unspecified atom stereocenters. The van der Waals surface area contributed by atoms with Gasteiger partial charge in [-0.3, -0.25) is 0 Å². The van der Waals surface area contributed by atoms with E-state index in [9.17, 15) is 0 Å². The van der Waals surface area contributed by atoms with Gasteiger partial charge in [-0.2, -0.15) is 0 Å². The third-order valence-corrected chi connectivity index (χ3v) is 4.59. The Hall–Kier alpha value is -0.300. The molecule has 0 aromatic heterocycles. The molecule has 1 aliphatic rings. The fourth-order valence-corrected chi connectivity index (χ4v) is 3.52. The molecule has 112 valence electrons. The van der Waals surface area contributed by atoms with Crippen LogP contribution in [-0.4, -0.2) is 13.2 Å². The fourth-order valence-electron chi connectivity index (χ4n) is 3.52. The van der Waals surface area contributed by atoms with Gasteiger partial charge in [0.05, 0.1) is 6.61 Å². The summed E-state index contributed by atoms with van der Waals surface area (Å²) in [5.41, 5.74) is 0. The topological polar surface area (TPSA) is 9.23 Å². The second-order valence-corrected chi connectivity index (χ2v) is 6.99. The van der Waals surface area contributed by atoms with Gasteiger partial charge < -0.3 is 4.74 Å². The minimum Gasteiger partial charge on any atom is -0.377 e. The van der Waals surface area contributed by atoms with Gasteiger partial charge >= 0.3 is 0 Å². The molecule has 4 atom stereocenters. The number of hydrogen-bond donors (Lipinski definition) is 0. The van der Waals surface area contributed by atoms with Crippen molar-refractivity contribution in [2.24, 2.45) is 23.7 Å². The largest absolute Gasteiger partial charge is 0.377 e. The highest BCUT2D eigenvalue weighted by Gasteiger charge is 2.18. The first kappa shape index (κ1) is 16.8. The van der Waals surface area contributed by atoms with Gasteiger partial charge in [0, 0.05) is 6.61 Å². The first-order chi connectivity index (χ1) is 9.11. The predicted molar refractivity (Wildman–Crippen MR) is 84.3 cm³/mol. The molecule has 0 radical (unpaired) electrons. The maximum absolute atomic E-state index is 5.70. The molecule has 0 saturated heterocycles. The molecule has 0 amide bonds. The van der Waals surface area contributed by atoms with Crippen molar-refractivity contribution in [3.63, 3.8) is 0 Å². The lowest BCUT2D eigenvalue weighted by Gasteiger charge is -2.21. The fraction of sp³-hybridized carbons (Fsp3) is 0.889. The Labute approximate surface area is 120 Å². The van der Waals surface area contributed by atoms with Crippen LogP contribution in [0.15, 0.2) is 12.7 Å². The molecule has 0 aromatic rings. The standard InChI is InChI=1S/C18H34O/c1-5-11-19-14-18-8-6-7-15(2)12-16(3)9-10-17(4)13-18/h5,15-18H,1,6-14H2,2-4H3. The molecule has 0 N–H and O–H groups in total. The Morgan fingerprint density at radius 1 is 0.947 bits per heavy atom. The molecule has 0 spiro atoms. The number of hydrogen-bond acceptors (Lipinski definition) is 1. The van der Waals surface area contributed by atoms with Crippen LogP contribution in [0.25, 0.3) is 0 Å². The third kappa shape index (κ3) is 7.77. The van der Waals surface area contributed by atoms with E-state index in [4.69, 9.17) is 4.74 Å². The number of ether oxygens (including phenoxy) is 1. The first-order valence-corrected chi connectivity index (χ1v) is 8.30. The molecule has 0 aromatic carbocycles. The molecule has 1 heteroatoms. The lowest BCUT2D eigenvalue weighted by molar-refractivity contribution is 0.106. The zero-order valence-corrected chi connectivity index (χ0v) is 13.4. The van der Waals surface area contributed by atoms with E-state index in [1.807, 2.05) is 6.08 Å². The van der Waals surface area contributed by atoms with Crippen LogP contribution < -0.4 is 0 Å². The van der Waals surface area contributed by atoms with Gasteiger partial charge in [0.15, 0.2) is 0 Å². The zero-order chi connectivity index (χ0) is 14.1. The quantitative estimate of drug-likeness (QED) is 0.485. The van der Waals surface area contributed by atoms with Gasteiger partial charge in [0.1, 0.15) is 0 Å². The van der Waals surface area contributed by atoms with Crippen molar-refractivity contribution < 1.29 is 4.74 Å². The maximum atomic E-state index is 5.70. The molecular weight excluding hydrogens is 232 g/mol. The second kappa shape index (κ2) is 9.58. The summed E-state index contributed by atoms with van der Waals surface area (Å²) in [4.78, 5) is 0. The molecular formula is C18H34O. The summed E-state index contributed by atoms with van der Waals surface area (Å²) >= 11 is 0. The summed E-state index contributed by atoms with van der Waals surface area (Å²) in [6, 6.07) is 0. The van der Waals surface area contributed by atoms with Crippen LogP contribution in [0.5, 0.6) is 0 Å². The molecule has 1 nitrogen and oxygen atoms in total. The molecule has 1 saturated carbocycles. The monoisotopic (exact) mass is 266 g/mol. The van der Waals surface area contributed by atoms with Crippen molar-refractivity contribution in [2.75, 3.05) is 13.2 Å². The van der Waals surface area contributed by atoms with Gasteiger partial charge in [0.2, 0.25) is 0 Å². The van der Waals surface area contributed by atoms with Gasteiger partial charge in [-0.25, -0.2) is 0 Å². The Morgan fingerprint density at radius 2 is 1.58 bits per heavy atom. The summed E-state index contributed by atoms with van der Waals surface area (Å²) in [5.74, 6) is 3.42. The van der Waals surface area contributed by atoms with Crippen LogP contribution >= 0.6 is 0 Å². The van der Waals surface area contributed by atoms with E-state index in [2.05, 4.69) is 27.4 Å². The third-order valence-electron chi connectivity index (χ3n) is 4.59. The van der Waals surface area contributed by atoms with E-state index in [0.29, 0.717) is 6.61 Å². The van der Waals surface area contributed by atoms with Crippen molar-refractivity contribution in [1.82, 2.24) is 0 Å². The zero-order valence-electron chi connectivity index (χ0n) is 13.4. The normalized spacial score (nSPS) is 34.5. The van der Waals surface area contributed by atoms with Crippen molar-refractivity contribution >= 4 is 0 Å². The Balaban J connectivity index is 2.45. The van der Waals surface area contributed by atoms with Gasteiger partial charge in [-0.05, 0) is 42.9 Å². The highest BCUT2D eigenvalue weighted by atomic mass is 16.5. The summed E-state index contributed by atoms with van der Waals surface area (Å²) in [7, 11) is 0.